The Bertz CT molecular complexity index is 1210. The summed E-state index contributed by atoms with van der Waals surface area (Å²) in [6.45, 7) is 9.58. The summed E-state index contributed by atoms with van der Waals surface area (Å²) >= 11 is 6.40. The van der Waals surface area contributed by atoms with E-state index in [2.05, 4.69) is 36.3 Å². The van der Waals surface area contributed by atoms with Crippen LogP contribution in [0, 0.1) is 0 Å². The Labute approximate surface area is 200 Å². The largest absolute Gasteiger partial charge is 0.423 e. The molecule has 1 heterocycles. The van der Waals surface area contributed by atoms with Gasteiger partial charge in [0.25, 0.3) is 0 Å². The first-order valence-electron chi connectivity index (χ1n) is 11.3. The maximum atomic E-state index is 12.2. The third-order valence-electron chi connectivity index (χ3n) is 5.59. The van der Waals surface area contributed by atoms with Crippen molar-refractivity contribution in [2.75, 3.05) is 18.4 Å². The molecule has 0 aliphatic rings. The predicted molar refractivity (Wildman–Crippen MR) is 141 cm³/mol. The number of halogens is 1. The van der Waals surface area contributed by atoms with Crippen molar-refractivity contribution in [3.05, 3.63) is 100 Å². The Morgan fingerprint density at radius 3 is 2.76 bits per heavy atom. The Morgan fingerprint density at radius 1 is 1.21 bits per heavy atom. The van der Waals surface area contributed by atoms with E-state index in [-0.39, 0.29) is 11.7 Å². The van der Waals surface area contributed by atoms with E-state index in [0.717, 1.165) is 53.7 Å². The topological polar surface area (TPSA) is 54.3 Å². The minimum Gasteiger partial charge on any atom is -0.423 e. The number of fused-ring (bicyclic) bond motifs is 1. The summed E-state index contributed by atoms with van der Waals surface area (Å²) in [5.74, 6) is 0. The zero-order valence-corrected chi connectivity index (χ0v) is 20.0. The van der Waals surface area contributed by atoms with Gasteiger partial charge in [0.2, 0.25) is 0 Å². The lowest BCUT2D eigenvalue weighted by Crippen LogP contribution is -2.26. The standard InChI is InChI=1S/C28H31ClN2O2/c1-4-20(5-2)10-9-16-30-17-15-22(6-3)31-26-19-28(32)33-27-14-13-21(18-24(26)27)23-11-7-8-12-25(23)29/h4-5,7-14,18-19,22,30-31H,1,6,15-17H2,2-3H3/b10-9+,20-5+. The fourth-order valence-corrected chi connectivity index (χ4v) is 3.93. The molecular weight excluding hydrogens is 432 g/mol. The Balaban J connectivity index is 1.73. The third kappa shape index (κ3) is 6.70. The van der Waals surface area contributed by atoms with Gasteiger partial charge in [-0.25, -0.2) is 4.79 Å². The van der Waals surface area contributed by atoms with Crippen LogP contribution >= 0.6 is 11.6 Å². The van der Waals surface area contributed by atoms with E-state index in [1.165, 1.54) is 6.07 Å². The molecule has 3 aromatic rings. The third-order valence-corrected chi connectivity index (χ3v) is 5.92. The Morgan fingerprint density at radius 2 is 2.03 bits per heavy atom. The lowest BCUT2D eigenvalue weighted by molar-refractivity contribution is 0.559. The quantitative estimate of drug-likeness (QED) is 0.183. The average molecular weight is 463 g/mol. The van der Waals surface area contributed by atoms with Crippen LogP contribution in [0.15, 0.2) is 94.2 Å². The lowest BCUT2D eigenvalue weighted by atomic mass is 10.0. The van der Waals surface area contributed by atoms with Gasteiger partial charge in [-0.3, -0.25) is 0 Å². The van der Waals surface area contributed by atoms with Crippen LogP contribution in [-0.4, -0.2) is 19.1 Å². The van der Waals surface area contributed by atoms with Crippen LogP contribution in [0.1, 0.15) is 26.7 Å². The minimum absolute atomic E-state index is 0.217. The molecule has 0 radical (unpaired) electrons. The molecule has 0 aliphatic carbocycles. The predicted octanol–water partition coefficient (Wildman–Crippen LogP) is 6.97. The molecule has 0 bridgehead atoms. The Hall–Kier alpha value is -3.08. The summed E-state index contributed by atoms with van der Waals surface area (Å²) in [5, 5.41) is 8.55. The minimum atomic E-state index is -0.365. The molecule has 1 atom stereocenters. The molecule has 2 N–H and O–H groups in total. The van der Waals surface area contributed by atoms with E-state index >= 15 is 0 Å². The van der Waals surface area contributed by atoms with Crippen molar-refractivity contribution in [1.29, 1.82) is 0 Å². The number of hydrogen-bond donors (Lipinski definition) is 2. The number of benzene rings is 2. The first-order valence-corrected chi connectivity index (χ1v) is 11.7. The summed E-state index contributed by atoms with van der Waals surface area (Å²) in [6, 6.07) is 15.3. The average Bonchev–Trinajstić information content (AvgIpc) is 2.83. The monoisotopic (exact) mass is 462 g/mol. The Kier molecular flexibility index (Phi) is 9.11. The highest BCUT2D eigenvalue weighted by Crippen LogP contribution is 2.32. The van der Waals surface area contributed by atoms with E-state index < -0.39 is 0 Å². The van der Waals surface area contributed by atoms with Crippen LogP contribution in [0.25, 0.3) is 22.1 Å². The lowest BCUT2D eigenvalue weighted by Gasteiger charge is -2.19. The van der Waals surface area contributed by atoms with Gasteiger partial charge in [0.1, 0.15) is 5.58 Å². The molecule has 5 heteroatoms. The summed E-state index contributed by atoms with van der Waals surface area (Å²) in [6.07, 6.45) is 9.87. The highest BCUT2D eigenvalue weighted by atomic mass is 35.5. The van der Waals surface area contributed by atoms with Crippen LogP contribution in [0.3, 0.4) is 0 Å². The molecule has 0 aliphatic heterocycles. The normalized spacial score (nSPS) is 12.9. The molecule has 1 unspecified atom stereocenters. The van der Waals surface area contributed by atoms with E-state index in [1.807, 2.05) is 61.5 Å². The van der Waals surface area contributed by atoms with Crippen LogP contribution in [0.4, 0.5) is 5.69 Å². The second kappa shape index (κ2) is 12.2. The fraction of sp³-hybridized carbons (Fsp3) is 0.250. The molecule has 172 valence electrons. The molecule has 0 fully saturated rings. The molecule has 0 saturated heterocycles. The second-order valence-corrected chi connectivity index (χ2v) is 8.21. The van der Waals surface area contributed by atoms with Gasteiger partial charge in [0, 0.05) is 34.6 Å². The molecule has 0 spiro atoms. The van der Waals surface area contributed by atoms with Gasteiger partial charge in [-0.1, -0.05) is 73.7 Å². The molecule has 33 heavy (non-hydrogen) atoms. The summed E-state index contributed by atoms with van der Waals surface area (Å²) in [4.78, 5) is 12.2. The SMILES string of the molecule is C=CC(/C=C/CNCCC(CC)Nc1cc(=O)oc2ccc(-c3ccccc3Cl)cc12)=C\C. The molecule has 4 nitrogen and oxygen atoms in total. The first kappa shape index (κ1) is 24.6. The van der Waals surface area contributed by atoms with E-state index in [1.54, 1.807) is 0 Å². The molecule has 2 aromatic carbocycles. The van der Waals surface area contributed by atoms with Crippen molar-refractivity contribution >= 4 is 28.3 Å². The highest BCUT2D eigenvalue weighted by Gasteiger charge is 2.12. The van der Waals surface area contributed by atoms with Crippen LogP contribution in [0.2, 0.25) is 5.02 Å². The maximum Gasteiger partial charge on any atom is 0.338 e. The highest BCUT2D eigenvalue weighted by molar-refractivity contribution is 6.33. The molecule has 3 rings (SSSR count). The van der Waals surface area contributed by atoms with Gasteiger partial charge < -0.3 is 15.1 Å². The summed E-state index contributed by atoms with van der Waals surface area (Å²) in [5.41, 5.74) is 4.00. The molecule has 1 aromatic heterocycles. The molecule has 0 saturated carbocycles. The van der Waals surface area contributed by atoms with Crippen molar-refractivity contribution in [1.82, 2.24) is 5.32 Å². The summed E-state index contributed by atoms with van der Waals surface area (Å²) in [7, 11) is 0. The van der Waals surface area contributed by atoms with Crippen LogP contribution in [0.5, 0.6) is 0 Å². The van der Waals surface area contributed by atoms with Gasteiger partial charge in [-0.05, 0) is 55.6 Å². The van der Waals surface area contributed by atoms with Crippen molar-refractivity contribution in [2.24, 2.45) is 0 Å². The number of rotatable bonds is 11. The van der Waals surface area contributed by atoms with Crippen molar-refractivity contribution in [3.63, 3.8) is 0 Å². The molecule has 0 amide bonds. The van der Waals surface area contributed by atoms with E-state index in [9.17, 15) is 4.79 Å². The number of anilines is 1. The fourth-order valence-electron chi connectivity index (χ4n) is 3.68. The van der Waals surface area contributed by atoms with Crippen molar-refractivity contribution < 1.29 is 4.42 Å². The van der Waals surface area contributed by atoms with Gasteiger partial charge in [0.15, 0.2) is 0 Å². The van der Waals surface area contributed by atoms with Crippen molar-refractivity contribution in [3.8, 4) is 11.1 Å². The van der Waals surface area contributed by atoms with E-state index in [0.29, 0.717) is 10.6 Å². The van der Waals surface area contributed by atoms with Gasteiger partial charge in [-0.15, -0.1) is 0 Å². The number of nitrogens with one attached hydrogen (secondary N) is 2. The number of hydrogen-bond acceptors (Lipinski definition) is 4. The molecular formula is C28H31ClN2O2. The van der Waals surface area contributed by atoms with Crippen LogP contribution in [-0.2, 0) is 0 Å². The smallest absolute Gasteiger partial charge is 0.338 e. The zero-order chi connectivity index (χ0) is 23.6. The number of allylic oxidation sites excluding steroid dienone is 4. The first-order chi connectivity index (χ1) is 16.0. The second-order valence-electron chi connectivity index (χ2n) is 7.81. The zero-order valence-electron chi connectivity index (χ0n) is 19.2. The van der Waals surface area contributed by atoms with Gasteiger partial charge in [-0.2, -0.15) is 0 Å². The summed E-state index contributed by atoms with van der Waals surface area (Å²) < 4.78 is 5.44. The van der Waals surface area contributed by atoms with E-state index in [4.69, 9.17) is 16.0 Å². The van der Waals surface area contributed by atoms with Crippen molar-refractivity contribution in [2.45, 2.75) is 32.7 Å². The van der Waals surface area contributed by atoms with Gasteiger partial charge >= 0.3 is 5.63 Å². The maximum absolute atomic E-state index is 12.2. The van der Waals surface area contributed by atoms with Crippen LogP contribution < -0.4 is 16.3 Å². The van der Waals surface area contributed by atoms with Gasteiger partial charge in [0.05, 0.1) is 5.69 Å².